The Bertz CT molecular complexity index is 502. The first kappa shape index (κ1) is 14.1. The number of carbonyl (C=O) groups excluding carboxylic acids is 1. The third kappa shape index (κ3) is 3.59. The van der Waals surface area contributed by atoms with Crippen LogP contribution in [0.3, 0.4) is 0 Å². The maximum absolute atomic E-state index is 12.4. The SMILES string of the molecule is CC1CC(C)CN(C(=O)c2ccc(C#CCO)s2)C1. The molecule has 3 nitrogen and oxygen atoms in total. The standard InChI is InChI=1S/C15H19NO2S/c1-11-8-12(2)10-16(9-11)15(18)14-6-5-13(19-14)4-3-7-17/h5-6,11-12,17H,7-10H2,1-2H3. The van der Waals surface area contributed by atoms with Gasteiger partial charge >= 0.3 is 0 Å². The van der Waals surface area contributed by atoms with E-state index in [4.69, 9.17) is 5.11 Å². The van der Waals surface area contributed by atoms with Gasteiger partial charge in [-0.2, -0.15) is 0 Å². The van der Waals surface area contributed by atoms with E-state index in [2.05, 4.69) is 25.7 Å². The lowest BCUT2D eigenvalue weighted by Crippen LogP contribution is -2.42. The van der Waals surface area contributed by atoms with E-state index in [1.165, 1.54) is 17.8 Å². The van der Waals surface area contributed by atoms with Crippen molar-refractivity contribution < 1.29 is 9.90 Å². The van der Waals surface area contributed by atoms with Gasteiger partial charge < -0.3 is 10.0 Å². The van der Waals surface area contributed by atoms with Gasteiger partial charge in [0, 0.05) is 13.1 Å². The Hall–Kier alpha value is -1.31. The second kappa shape index (κ2) is 6.23. The maximum atomic E-state index is 12.4. The molecule has 0 aliphatic carbocycles. The van der Waals surface area contributed by atoms with Gasteiger partial charge in [-0.3, -0.25) is 4.79 Å². The quantitative estimate of drug-likeness (QED) is 0.800. The molecule has 2 atom stereocenters. The first-order chi connectivity index (χ1) is 9.10. The zero-order chi connectivity index (χ0) is 13.8. The highest BCUT2D eigenvalue weighted by Crippen LogP contribution is 2.24. The lowest BCUT2D eigenvalue weighted by atomic mass is 9.92. The average Bonchev–Trinajstić information content (AvgIpc) is 2.83. The lowest BCUT2D eigenvalue weighted by Gasteiger charge is -2.34. The number of hydrogen-bond acceptors (Lipinski definition) is 3. The molecule has 2 heterocycles. The summed E-state index contributed by atoms with van der Waals surface area (Å²) in [7, 11) is 0. The van der Waals surface area contributed by atoms with E-state index in [9.17, 15) is 4.79 Å². The molecule has 102 valence electrons. The summed E-state index contributed by atoms with van der Waals surface area (Å²) >= 11 is 1.40. The molecule has 19 heavy (non-hydrogen) atoms. The zero-order valence-electron chi connectivity index (χ0n) is 11.3. The highest BCUT2D eigenvalue weighted by Gasteiger charge is 2.26. The number of aliphatic hydroxyl groups is 1. The molecular weight excluding hydrogens is 258 g/mol. The van der Waals surface area contributed by atoms with E-state index in [0.717, 1.165) is 22.8 Å². The molecule has 1 fully saturated rings. The minimum absolute atomic E-state index is 0.112. The van der Waals surface area contributed by atoms with Crippen molar-refractivity contribution in [2.45, 2.75) is 20.3 Å². The topological polar surface area (TPSA) is 40.5 Å². The predicted octanol–water partition coefficient (Wildman–Crippen LogP) is 2.21. The van der Waals surface area contributed by atoms with Gasteiger partial charge in [0.15, 0.2) is 0 Å². The molecule has 4 heteroatoms. The summed E-state index contributed by atoms with van der Waals surface area (Å²) in [5, 5.41) is 8.66. The molecule has 1 amide bonds. The molecule has 0 radical (unpaired) electrons. The van der Waals surface area contributed by atoms with Crippen LogP contribution in [-0.4, -0.2) is 35.6 Å². The average molecular weight is 277 g/mol. The second-order valence-corrected chi connectivity index (χ2v) is 6.36. The minimum atomic E-state index is -0.150. The molecule has 2 rings (SSSR count). The van der Waals surface area contributed by atoms with Crippen molar-refractivity contribution in [2.24, 2.45) is 11.8 Å². The Morgan fingerprint density at radius 2 is 2.11 bits per heavy atom. The van der Waals surface area contributed by atoms with Gasteiger partial charge in [-0.25, -0.2) is 0 Å². The zero-order valence-corrected chi connectivity index (χ0v) is 12.2. The van der Waals surface area contributed by atoms with E-state index in [1.807, 2.05) is 17.0 Å². The summed E-state index contributed by atoms with van der Waals surface area (Å²) in [6, 6.07) is 3.68. The smallest absolute Gasteiger partial charge is 0.263 e. The minimum Gasteiger partial charge on any atom is -0.384 e. The molecule has 1 N–H and O–H groups in total. The summed E-state index contributed by atoms with van der Waals surface area (Å²) in [6.45, 7) is 5.94. The highest BCUT2D eigenvalue weighted by atomic mass is 32.1. The Morgan fingerprint density at radius 1 is 1.42 bits per heavy atom. The predicted molar refractivity (Wildman–Crippen MR) is 77.1 cm³/mol. The van der Waals surface area contributed by atoms with Gasteiger partial charge in [0.25, 0.3) is 5.91 Å². The maximum Gasteiger partial charge on any atom is 0.263 e. The number of carbonyl (C=O) groups is 1. The van der Waals surface area contributed by atoms with Crippen molar-refractivity contribution in [1.82, 2.24) is 4.90 Å². The number of thiophene rings is 1. The van der Waals surface area contributed by atoms with Crippen molar-refractivity contribution >= 4 is 17.2 Å². The second-order valence-electron chi connectivity index (χ2n) is 5.28. The first-order valence-corrected chi connectivity index (χ1v) is 7.40. The van der Waals surface area contributed by atoms with E-state index in [-0.39, 0.29) is 12.5 Å². The van der Waals surface area contributed by atoms with Crippen molar-refractivity contribution in [1.29, 1.82) is 0 Å². The molecule has 1 aliphatic heterocycles. The summed E-state index contributed by atoms with van der Waals surface area (Å²) in [4.78, 5) is 15.9. The number of rotatable bonds is 1. The fourth-order valence-electron chi connectivity index (χ4n) is 2.63. The molecule has 1 aliphatic rings. The summed E-state index contributed by atoms with van der Waals surface area (Å²) < 4.78 is 0. The summed E-state index contributed by atoms with van der Waals surface area (Å²) in [6.07, 6.45) is 1.20. The summed E-state index contributed by atoms with van der Waals surface area (Å²) in [5.74, 6) is 6.69. The van der Waals surface area contributed by atoms with Crippen LogP contribution in [0.1, 0.15) is 34.8 Å². The van der Waals surface area contributed by atoms with Gasteiger partial charge in [-0.1, -0.05) is 25.7 Å². The third-order valence-corrected chi connectivity index (χ3v) is 4.25. The van der Waals surface area contributed by atoms with Gasteiger partial charge in [0.05, 0.1) is 9.75 Å². The van der Waals surface area contributed by atoms with Crippen LogP contribution < -0.4 is 0 Å². The van der Waals surface area contributed by atoms with E-state index >= 15 is 0 Å². The number of piperidine rings is 1. The van der Waals surface area contributed by atoms with Crippen LogP contribution in [0.2, 0.25) is 0 Å². The monoisotopic (exact) mass is 277 g/mol. The first-order valence-electron chi connectivity index (χ1n) is 6.59. The molecule has 1 saturated heterocycles. The van der Waals surface area contributed by atoms with Crippen LogP contribution in [-0.2, 0) is 0 Å². The number of amides is 1. The van der Waals surface area contributed by atoms with Crippen LogP contribution in [0.15, 0.2) is 12.1 Å². The number of nitrogens with zero attached hydrogens (tertiary/aromatic N) is 1. The lowest BCUT2D eigenvalue weighted by molar-refractivity contribution is 0.0628. The highest BCUT2D eigenvalue weighted by molar-refractivity contribution is 7.14. The van der Waals surface area contributed by atoms with Crippen LogP contribution in [0.4, 0.5) is 0 Å². The Balaban J connectivity index is 2.08. The Kier molecular flexibility index (Phi) is 4.62. The molecule has 0 spiro atoms. The van der Waals surface area contributed by atoms with E-state index < -0.39 is 0 Å². The van der Waals surface area contributed by atoms with E-state index in [1.54, 1.807) is 0 Å². The van der Waals surface area contributed by atoms with Crippen LogP contribution in [0.5, 0.6) is 0 Å². The molecular formula is C15H19NO2S. The number of likely N-dealkylation sites (tertiary alicyclic amines) is 1. The van der Waals surface area contributed by atoms with Gasteiger partial charge in [-0.15, -0.1) is 11.3 Å². The van der Waals surface area contributed by atoms with Crippen molar-refractivity contribution in [3.05, 3.63) is 21.9 Å². The molecule has 0 bridgehead atoms. The normalized spacial score (nSPS) is 22.8. The molecule has 0 saturated carbocycles. The van der Waals surface area contributed by atoms with Crippen molar-refractivity contribution in [3.8, 4) is 11.8 Å². The van der Waals surface area contributed by atoms with Crippen molar-refractivity contribution in [3.63, 3.8) is 0 Å². The van der Waals surface area contributed by atoms with Gasteiger partial charge in [0.1, 0.15) is 6.61 Å². The molecule has 0 aromatic carbocycles. The van der Waals surface area contributed by atoms with Crippen molar-refractivity contribution in [2.75, 3.05) is 19.7 Å². The molecule has 1 aromatic heterocycles. The molecule has 1 aromatic rings. The number of aliphatic hydroxyl groups excluding tert-OH is 1. The fourth-order valence-corrected chi connectivity index (χ4v) is 3.48. The number of hydrogen-bond donors (Lipinski definition) is 1. The Labute approximate surface area is 118 Å². The van der Waals surface area contributed by atoms with Gasteiger partial charge in [-0.05, 0) is 30.4 Å². The summed E-state index contributed by atoms with van der Waals surface area (Å²) in [5.41, 5.74) is 0. The Morgan fingerprint density at radius 3 is 2.74 bits per heavy atom. The van der Waals surface area contributed by atoms with Crippen LogP contribution >= 0.6 is 11.3 Å². The van der Waals surface area contributed by atoms with Gasteiger partial charge in [0.2, 0.25) is 0 Å². The van der Waals surface area contributed by atoms with Crippen LogP contribution in [0.25, 0.3) is 0 Å². The van der Waals surface area contributed by atoms with E-state index in [0.29, 0.717) is 11.8 Å². The largest absolute Gasteiger partial charge is 0.384 e. The fraction of sp³-hybridized carbons (Fsp3) is 0.533. The third-order valence-electron chi connectivity index (χ3n) is 3.26. The van der Waals surface area contributed by atoms with Crippen LogP contribution in [0, 0.1) is 23.7 Å². The molecule has 2 unspecified atom stereocenters.